The van der Waals surface area contributed by atoms with Crippen LogP contribution in [0.2, 0.25) is 0 Å². The van der Waals surface area contributed by atoms with Gasteiger partial charge >= 0.3 is 0 Å². The van der Waals surface area contributed by atoms with Crippen molar-refractivity contribution < 1.29 is 27.7 Å². The van der Waals surface area contributed by atoms with E-state index in [9.17, 15) is 0 Å². The molecule has 220 valence electrons. The number of benzene rings is 4. The summed E-state index contributed by atoms with van der Waals surface area (Å²) in [6.07, 6.45) is -2.86. The van der Waals surface area contributed by atoms with E-state index in [1.54, 1.807) is 31.2 Å². The Morgan fingerprint density at radius 3 is 1.55 bits per heavy atom. The van der Waals surface area contributed by atoms with E-state index in [0.29, 0.717) is 24.7 Å². The van der Waals surface area contributed by atoms with Gasteiger partial charge in [-0.1, -0.05) is 105 Å². The first-order valence-corrected chi connectivity index (χ1v) is 14.6. The van der Waals surface area contributed by atoms with Gasteiger partial charge in [-0.15, -0.1) is 0 Å². The van der Waals surface area contributed by atoms with Crippen LogP contribution in [-0.2, 0) is 29.3 Å². The molecular formula is C36H38F2O4. The van der Waals surface area contributed by atoms with Gasteiger partial charge in [0, 0.05) is 5.92 Å². The zero-order valence-corrected chi connectivity index (χ0v) is 24.1. The highest BCUT2D eigenvalue weighted by Gasteiger charge is 2.62. The Bertz CT molecular complexity index is 1350. The summed E-state index contributed by atoms with van der Waals surface area (Å²) in [7, 11) is 0. The molecule has 0 aliphatic heterocycles. The zero-order chi connectivity index (χ0) is 29.4. The molecule has 6 heteroatoms. The van der Waals surface area contributed by atoms with Gasteiger partial charge in [-0.3, -0.25) is 0 Å². The van der Waals surface area contributed by atoms with Crippen molar-refractivity contribution >= 4 is 0 Å². The molecule has 0 N–H and O–H groups in total. The van der Waals surface area contributed by atoms with Crippen LogP contribution in [0.25, 0.3) is 0 Å². The summed E-state index contributed by atoms with van der Waals surface area (Å²) in [6.45, 7) is 4.51. The summed E-state index contributed by atoms with van der Waals surface area (Å²) < 4.78 is 57.3. The van der Waals surface area contributed by atoms with Crippen LogP contribution < -0.4 is 9.47 Å². The van der Waals surface area contributed by atoms with E-state index < -0.39 is 36.1 Å². The molecule has 0 bridgehead atoms. The fourth-order valence-electron chi connectivity index (χ4n) is 5.73. The van der Waals surface area contributed by atoms with E-state index >= 15 is 8.78 Å². The van der Waals surface area contributed by atoms with Gasteiger partial charge in [0.25, 0.3) is 5.92 Å². The SMILES string of the molecule is CC[C@@H]1[C@@H](C)[C@H](OCc2ccccc2)[C@@H](OCc2ccccc2)[C@@H](Oc2ccc(OCc3ccccc3)cc2)C1(F)F. The molecular weight excluding hydrogens is 534 g/mol. The van der Waals surface area contributed by atoms with Crippen molar-refractivity contribution in [1.82, 2.24) is 0 Å². The zero-order valence-electron chi connectivity index (χ0n) is 24.1. The lowest BCUT2D eigenvalue weighted by atomic mass is 9.71. The van der Waals surface area contributed by atoms with Crippen molar-refractivity contribution in [2.75, 3.05) is 0 Å². The second-order valence-corrected chi connectivity index (χ2v) is 10.9. The number of hydrogen-bond donors (Lipinski definition) is 0. The third-order valence-electron chi connectivity index (χ3n) is 7.99. The molecule has 0 radical (unpaired) electrons. The summed E-state index contributed by atoms with van der Waals surface area (Å²) >= 11 is 0. The van der Waals surface area contributed by atoms with Gasteiger partial charge in [0.1, 0.15) is 24.2 Å². The third kappa shape index (κ3) is 7.18. The van der Waals surface area contributed by atoms with E-state index in [1.807, 2.05) is 97.9 Å². The van der Waals surface area contributed by atoms with Gasteiger partial charge in [0.2, 0.25) is 0 Å². The van der Waals surface area contributed by atoms with Crippen LogP contribution in [0.3, 0.4) is 0 Å². The molecule has 1 aliphatic carbocycles. The summed E-state index contributed by atoms with van der Waals surface area (Å²) in [5.74, 6) is -3.59. The molecule has 4 aromatic rings. The fourth-order valence-corrected chi connectivity index (χ4v) is 5.73. The number of rotatable bonds is 12. The lowest BCUT2D eigenvalue weighted by Crippen LogP contribution is -2.64. The van der Waals surface area contributed by atoms with Crippen LogP contribution in [0, 0.1) is 11.8 Å². The van der Waals surface area contributed by atoms with Crippen LogP contribution >= 0.6 is 0 Å². The van der Waals surface area contributed by atoms with E-state index in [1.165, 1.54) is 0 Å². The van der Waals surface area contributed by atoms with Crippen molar-refractivity contribution in [2.24, 2.45) is 11.8 Å². The third-order valence-corrected chi connectivity index (χ3v) is 7.99. The highest BCUT2D eigenvalue weighted by molar-refractivity contribution is 5.32. The minimum Gasteiger partial charge on any atom is -0.489 e. The molecule has 4 aromatic carbocycles. The maximum absolute atomic E-state index is 16.3. The van der Waals surface area contributed by atoms with Crippen molar-refractivity contribution in [1.29, 1.82) is 0 Å². The summed E-state index contributed by atoms with van der Waals surface area (Å²) in [6, 6.07) is 36.0. The van der Waals surface area contributed by atoms with Crippen LogP contribution in [0.15, 0.2) is 115 Å². The average molecular weight is 573 g/mol. The minimum absolute atomic E-state index is 0.169. The molecule has 0 heterocycles. The lowest BCUT2D eigenvalue weighted by Gasteiger charge is -2.49. The minimum atomic E-state index is -3.15. The van der Waals surface area contributed by atoms with Crippen molar-refractivity contribution in [2.45, 2.75) is 64.3 Å². The summed E-state index contributed by atoms with van der Waals surface area (Å²) in [5.41, 5.74) is 2.91. The average Bonchev–Trinajstić information content (AvgIpc) is 3.02. The van der Waals surface area contributed by atoms with Crippen LogP contribution in [0.5, 0.6) is 11.5 Å². The maximum Gasteiger partial charge on any atom is 0.289 e. The molecule has 0 amide bonds. The van der Waals surface area contributed by atoms with Crippen LogP contribution in [-0.4, -0.2) is 24.2 Å². The first-order chi connectivity index (χ1) is 20.5. The van der Waals surface area contributed by atoms with Crippen molar-refractivity contribution in [3.05, 3.63) is 132 Å². The van der Waals surface area contributed by atoms with Gasteiger partial charge in [-0.2, -0.15) is 0 Å². The van der Waals surface area contributed by atoms with E-state index in [0.717, 1.165) is 16.7 Å². The van der Waals surface area contributed by atoms with Gasteiger partial charge in [-0.05, 0) is 53.3 Å². The molecule has 5 rings (SSSR count). The van der Waals surface area contributed by atoms with Crippen LogP contribution in [0.4, 0.5) is 8.78 Å². The quantitative estimate of drug-likeness (QED) is 0.171. The molecule has 0 aromatic heterocycles. The molecule has 5 atom stereocenters. The van der Waals surface area contributed by atoms with E-state index in [4.69, 9.17) is 18.9 Å². The highest BCUT2D eigenvalue weighted by Crippen LogP contribution is 2.48. The van der Waals surface area contributed by atoms with Gasteiger partial charge < -0.3 is 18.9 Å². The van der Waals surface area contributed by atoms with E-state index in [2.05, 4.69) is 0 Å². The topological polar surface area (TPSA) is 36.9 Å². The number of hydrogen-bond acceptors (Lipinski definition) is 4. The Balaban J connectivity index is 1.38. The van der Waals surface area contributed by atoms with Crippen molar-refractivity contribution in [3.8, 4) is 11.5 Å². The Labute approximate surface area is 247 Å². The Morgan fingerprint density at radius 1 is 0.595 bits per heavy atom. The van der Waals surface area contributed by atoms with Crippen LogP contribution in [0.1, 0.15) is 37.0 Å². The second-order valence-electron chi connectivity index (χ2n) is 10.9. The Hall–Kier alpha value is -3.74. The summed E-state index contributed by atoms with van der Waals surface area (Å²) in [4.78, 5) is 0. The van der Waals surface area contributed by atoms with Gasteiger partial charge in [0.05, 0.1) is 19.3 Å². The first kappa shape index (κ1) is 29.7. The monoisotopic (exact) mass is 572 g/mol. The predicted octanol–water partition coefficient (Wildman–Crippen LogP) is 8.50. The lowest BCUT2D eigenvalue weighted by molar-refractivity contribution is -0.267. The van der Waals surface area contributed by atoms with E-state index in [-0.39, 0.29) is 13.0 Å². The first-order valence-electron chi connectivity index (χ1n) is 14.6. The van der Waals surface area contributed by atoms with Crippen molar-refractivity contribution in [3.63, 3.8) is 0 Å². The normalized spacial score (nSPS) is 23.3. The Kier molecular flexibility index (Phi) is 9.88. The predicted molar refractivity (Wildman–Crippen MR) is 160 cm³/mol. The molecule has 42 heavy (non-hydrogen) atoms. The molecule has 1 aliphatic rings. The fraction of sp³-hybridized carbons (Fsp3) is 0.333. The molecule has 1 fully saturated rings. The van der Waals surface area contributed by atoms with Gasteiger partial charge in [0.15, 0.2) is 6.10 Å². The standard InChI is InChI=1S/C36H38F2O4/c1-3-32-26(2)33(40-24-28-15-9-5-10-16-28)34(41-25-29-17-11-6-12-18-29)35(36(32,37)38)42-31-21-19-30(20-22-31)39-23-27-13-7-4-8-14-27/h4-22,26,32-35H,3,23-25H2,1-2H3/t26-,32-,33+,34-,35-/m1/s1. The molecule has 0 unspecified atom stereocenters. The highest BCUT2D eigenvalue weighted by atomic mass is 19.3. The number of ether oxygens (including phenoxy) is 4. The molecule has 1 saturated carbocycles. The Morgan fingerprint density at radius 2 is 1.05 bits per heavy atom. The second kappa shape index (κ2) is 14.0. The molecule has 0 saturated heterocycles. The smallest absolute Gasteiger partial charge is 0.289 e. The molecule has 4 nitrogen and oxygen atoms in total. The maximum atomic E-state index is 16.3. The summed E-state index contributed by atoms with van der Waals surface area (Å²) in [5, 5.41) is 0. The largest absolute Gasteiger partial charge is 0.489 e. The molecule has 0 spiro atoms. The number of alkyl halides is 2. The van der Waals surface area contributed by atoms with Gasteiger partial charge in [-0.25, -0.2) is 8.78 Å². The number of halogens is 2.